The highest BCUT2D eigenvalue weighted by Crippen LogP contribution is 2.05. The lowest BCUT2D eigenvalue weighted by Gasteiger charge is -2.03. The summed E-state index contributed by atoms with van der Waals surface area (Å²) in [5, 5.41) is 24.7. The molecule has 0 aliphatic rings. The maximum absolute atomic E-state index is 8.91. The van der Waals surface area contributed by atoms with Gasteiger partial charge in [0.2, 0.25) is 0 Å². The Hall–Kier alpha value is -1.59. The van der Waals surface area contributed by atoms with Crippen LogP contribution < -0.4 is 11.2 Å². The maximum atomic E-state index is 8.91. The number of hydrogen-bond acceptors (Lipinski definition) is 4. The SMILES string of the molecule is N=C/C=C(\N)c1cccc(B(O)O)c1. The van der Waals surface area contributed by atoms with Crippen LogP contribution >= 0.6 is 0 Å². The second-order valence-electron chi connectivity index (χ2n) is 2.79. The third kappa shape index (κ3) is 2.45. The van der Waals surface area contributed by atoms with E-state index in [0.717, 1.165) is 6.21 Å². The van der Waals surface area contributed by atoms with E-state index in [9.17, 15) is 0 Å². The van der Waals surface area contributed by atoms with E-state index in [4.69, 9.17) is 21.2 Å². The van der Waals surface area contributed by atoms with Crippen molar-refractivity contribution in [2.24, 2.45) is 5.73 Å². The first kappa shape index (κ1) is 10.5. The van der Waals surface area contributed by atoms with Crippen LogP contribution in [0.25, 0.3) is 5.70 Å². The molecule has 0 aliphatic carbocycles. The summed E-state index contributed by atoms with van der Waals surface area (Å²) in [5.74, 6) is 0. The summed E-state index contributed by atoms with van der Waals surface area (Å²) in [7, 11) is -1.50. The summed E-state index contributed by atoms with van der Waals surface area (Å²) in [6.07, 6.45) is 2.51. The van der Waals surface area contributed by atoms with Crippen LogP contribution in [0.3, 0.4) is 0 Å². The number of hydrogen-bond donors (Lipinski definition) is 4. The molecule has 0 fully saturated rings. The van der Waals surface area contributed by atoms with E-state index >= 15 is 0 Å². The lowest BCUT2D eigenvalue weighted by Crippen LogP contribution is -2.29. The molecule has 0 spiro atoms. The fraction of sp³-hybridized carbons (Fsp3) is 0. The zero-order valence-electron chi connectivity index (χ0n) is 7.51. The first-order chi connectivity index (χ1) is 6.65. The molecular formula is C9H11BN2O2. The van der Waals surface area contributed by atoms with Crippen LogP contribution in [0.15, 0.2) is 30.3 Å². The largest absolute Gasteiger partial charge is 0.488 e. The summed E-state index contributed by atoms with van der Waals surface area (Å²) in [4.78, 5) is 0. The Morgan fingerprint density at radius 2 is 2.14 bits per heavy atom. The molecule has 1 aromatic rings. The first-order valence-electron chi connectivity index (χ1n) is 4.08. The summed E-state index contributed by atoms with van der Waals surface area (Å²) in [6.45, 7) is 0. The molecule has 0 aromatic heterocycles. The minimum atomic E-state index is -1.50. The number of nitrogens with two attached hydrogens (primary N) is 1. The molecule has 0 saturated heterocycles. The van der Waals surface area contributed by atoms with Gasteiger partial charge in [0, 0.05) is 11.9 Å². The Kier molecular flexibility index (Phi) is 3.44. The molecule has 0 saturated carbocycles. The van der Waals surface area contributed by atoms with Crippen molar-refractivity contribution in [1.29, 1.82) is 5.41 Å². The molecule has 0 aliphatic heterocycles. The smallest absolute Gasteiger partial charge is 0.423 e. The van der Waals surface area contributed by atoms with Crippen molar-refractivity contribution >= 4 is 24.5 Å². The predicted octanol–water partition coefficient (Wildman–Crippen LogP) is -0.684. The van der Waals surface area contributed by atoms with Crippen molar-refractivity contribution < 1.29 is 10.0 Å². The van der Waals surface area contributed by atoms with Crippen LogP contribution in [0.5, 0.6) is 0 Å². The number of allylic oxidation sites excluding steroid dienone is 1. The van der Waals surface area contributed by atoms with E-state index in [1.54, 1.807) is 24.3 Å². The molecule has 5 N–H and O–H groups in total. The molecule has 1 aromatic carbocycles. The third-order valence-electron chi connectivity index (χ3n) is 1.78. The second kappa shape index (κ2) is 4.60. The maximum Gasteiger partial charge on any atom is 0.488 e. The van der Waals surface area contributed by atoms with Crippen molar-refractivity contribution in [2.75, 3.05) is 0 Å². The Balaban J connectivity index is 3.05. The van der Waals surface area contributed by atoms with Crippen LogP contribution in [0.1, 0.15) is 5.56 Å². The molecular weight excluding hydrogens is 179 g/mol. The Morgan fingerprint density at radius 1 is 1.43 bits per heavy atom. The zero-order chi connectivity index (χ0) is 10.6. The highest BCUT2D eigenvalue weighted by atomic mass is 16.4. The van der Waals surface area contributed by atoms with Crippen molar-refractivity contribution in [1.82, 2.24) is 0 Å². The first-order valence-corrected chi connectivity index (χ1v) is 4.08. The average Bonchev–Trinajstić information content (AvgIpc) is 2.18. The van der Waals surface area contributed by atoms with Crippen molar-refractivity contribution in [3.05, 3.63) is 35.9 Å². The minimum absolute atomic E-state index is 0.379. The normalized spacial score (nSPS) is 11.1. The van der Waals surface area contributed by atoms with Crippen LogP contribution in [0.2, 0.25) is 0 Å². The summed E-state index contributed by atoms with van der Waals surface area (Å²) in [6, 6.07) is 6.57. The monoisotopic (exact) mass is 190 g/mol. The molecule has 1 rings (SSSR count). The van der Waals surface area contributed by atoms with Gasteiger partial charge in [-0.3, -0.25) is 0 Å². The Labute approximate surface area is 82.3 Å². The number of nitrogens with one attached hydrogen (secondary N) is 1. The van der Waals surface area contributed by atoms with Crippen molar-refractivity contribution in [3.63, 3.8) is 0 Å². The van der Waals surface area contributed by atoms with Gasteiger partial charge in [0.15, 0.2) is 0 Å². The van der Waals surface area contributed by atoms with E-state index in [-0.39, 0.29) is 0 Å². The van der Waals surface area contributed by atoms with Gasteiger partial charge in [-0.15, -0.1) is 0 Å². The van der Waals surface area contributed by atoms with Gasteiger partial charge in [-0.05, 0) is 17.1 Å². The standard InChI is InChI=1S/C9H11BN2O2/c11-5-4-9(12)7-2-1-3-8(6-7)10(13)14/h1-6,11,13-14H,12H2/b9-4-,11-5?. The van der Waals surface area contributed by atoms with Crippen LogP contribution in [0, 0.1) is 5.41 Å². The Bertz CT molecular complexity index is 364. The summed E-state index contributed by atoms with van der Waals surface area (Å²) >= 11 is 0. The highest BCUT2D eigenvalue weighted by Gasteiger charge is 2.10. The van der Waals surface area contributed by atoms with Crippen molar-refractivity contribution in [3.8, 4) is 0 Å². The summed E-state index contributed by atoms with van der Waals surface area (Å²) in [5.41, 5.74) is 7.08. The second-order valence-corrected chi connectivity index (χ2v) is 2.79. The average molecular weight is 190 g/mol. The molecule has 4 nitrogen and oxygen atoms in total. The zero-order valence-corrected chi connectivity index (χ0v) is 7.51. The van der Waals surface area contributed by atoms with Gasteiger partial charge in [0.05, 0.1) is 0 Å². The molecule has 14 heavy (non-hydrogen) atoms. The van der Waals surface area contributed by atoms with Crippen molar-refractivity contribution in [2.45, 2.75) is 0 Å². The highest BCUT2D eigenvalue weighted by molar-refractivity contribution is 6.58. The molecule has 0 unspecified atom stereocenters. The van der Waals surface area contributed by atoms with E-state index < -0.39 is 7.12 Å². The van der Waals surface area contributed by atoms with E-state index in [0.29, 0.717) is 16.7 Å². The van der Waals surface area contributed by atoms with E-state index in [1.807, 2.05) is 0 Å². The van der Waals surface area contributed by atoms with Gasteiger partial charge >= 0.3 is 7.12 Å². The fourth-order valence-corrected chi connectivity index (χ4v) is 1.06. The molecule has 5 heteroatoms. The lowest BCUT2D eigenvalue weighted by molar-refractivity contribution is 0.426. The quantitative estimate of drug-likeness (QED) is 0.375. The molecule has 72 valence electrons. The molecule has 0 heterocycles. The van der Waals surface area contributed by atoms with Gasteiger partial charge in [0.25, 0.3) is 0 Å². The van der Waals surface area contributed by atoms with Crippen LogP contribution in [-0.2, 0) is 0 Å². The van der Waals surface area contributed by atoms with Gasteiger partial charge in [-0.1, -0.05) is 24.3 Å². The van der Waals surface area contributed by atoms with Gasteiger partial charge in [-0.25, -0.2) is 0 Å². The minimum Gasteiger partial charge on any atom is -0.423 e. The fourth-order valence-electron chi connectivity index (χ4n) is 1.06. The molecule has 0 amide bonds. The number of rotatable bonds is 3. The molecule has 0 atom stereocenters. The van der Waals surface area contributed by atoms with Gasteiger partial charge in [-0.2, -0.15) is 0 Å². The van der Waals surface area contributed by atoms with Gasteiger partial charge < -0.3 is 21.2 Å². The predicted molar refractivity (Wildman–Crippen MR) is 57.2 cm³/mol. The van der Waals surface area contributed by atoms with E-state index in [2.05, 4.69) is 0 Å². The third-order valence-corrected chi connectivity index (χ3v) is 1.78. The van der Waals surface area contributed by atoms with Gasteiger partial charge in [0.1, 0.15) is 0 Å². The molecule has 0 bridgehead atoms. The van der Waals surface area contributed by atoms with E-state index in [1.165, 1.54) is 6.08 Å². The topological polar surface area (TPSA) is 90.3 Å². The van der Waals surface area contributed by atoms with Crippen LogP contribution in [0.4, 0.5) is 0 Å². The number of benzene rings is 1. The molecule has 0 radical (unpaired) electrons. The lowest BCUT2D eigenvalue weighted by atomic mass is 9.79. The van der Waals surface area contributed by atoms with Crippen LogP contribution in [-0.4, -0.2) is 23.4 Å². The Morgan fingerprint density at radius 3 is 2.71 bits per heavy atom. The summed E-state index contributed by atoms with van der Waals surface area (Å²) < 4.78 is 0.